The molecule has 0 radical (unpaired) electrons. The lowest BCUT2D eigenvalue weighted by Gasteiger charge is -2.15. The Morgan fingerprint density at radius 1 is 1.08 bits per heavy atom. The van der Waals surface area contributed by atoms with Gasteiger partial charge in [-0.1, -0.05) is 48.5 Å². The molecule has 4 heteroatoms. The Kier molecular flexibility index (Phi) is 4.53. The number of benzene rings is 2. The highest BCUT2D eigenvalue weighted by Gasteiger charge is 2.23. The lowest BCUT2D eigenvalue weighted by atomic mass is 9.98. The molecule has 1 aromatic heterocycles. The molecule has 0 bridgehead atoms. The van der Waals surface area contributed by atoms with Crippen molar-refractivity contribution in [2.45, 2.75) is 19.4 Å². The third kappa shape index (κ3) is 3.74. The van der Waals surface area contributed by atoms with Crippen molar-refractivity contribution in [3.63, 3.8) is 0 Å². The van der Waals surface area contributed by atoms with Gasteiger partial charge in [0.15, 0.2) is 0 Å². The van der Waals surface area contributed by atoms with Crippen molar-refractivity contribution in [2.24, 2.45) is 5.92 Å². The summed E-state index contributed by atoms with van der Waals surface area (Å²) in [4.78, 5) is 10.4. The number of aromatic amines is 1. The van der Waals surface area contributed by atoms with Gasteiger partial charge in [-0.2, -0.15) is 0 Å². The number of aromatic nitrogens is 2. The minimum atomic E-state index is 0.419. The first-order valence-corrected chi connectivity index (χ1v) is 8.86. The summed E-state index contributed by atoms with van der Waals surface area (Å²) in [5.74, 6) is 1.95. The van der Waals surface area contributed by atoms with Gasteiger partial charge in [-0.15, -0.1) is 0 Å². The minimum Gasteiger partial charge on any atom is -0.508 e. The Morgan fingerprint density at radius 2 is 1.88 bits per heavy atom. The summed E-state index contributed by atoms with van der Waals surface area (Å²) >= 11 is 0. The quantitative estimate of drug-likeness (QED) is 0.746. The van der Waals surface area contributed by atoms with Crippen molar-refractivity contribution < 1.29 is 5.11 Å². The molecule has 2 heterocycles. The molecule has 1 saturated heterocycles. The summed E-state index contributed by atoms with van der Waals surface area (Å²) in [6.45, 7) is 3.06. The van der Waals surface area contributed by atoms with Gasteiger partial charge < -0.3 is 10.1 Å². The first kappa shape index (κ1) is 15.9. The van der Waals surface area contributed by atoms with Gasteiger partial charge in [-0.25, -0.2) is 4.98 Å². The van der Waals surface area contributed by atoms with Crippen molar-refractivity contribution in [3.8, 4) is 17.1 Å². The zero-order valence-corrected chi connectivity index (χ0v) is 14.2. The zero-order valence-electron chi connectivity index (χ0n) is 14.2. The maximum absolute atomic E-state index is 9.96. The molecule has 0 amide bonds. The first-order chi connectivity index (χ1) is 12.3. The van der Waals surface area contributed by atoms with Gasteiger partial charge >= 0.3 is 0 Å². The van der Waals surface area contributed by atoms with E-state index in [0.717, 1.165) is 48.7 Å². The molecule has 0 spiro atoms. The number of hydrogen-bond acceptors (Lipinski definition) is 3. The SMILES string of the molecule is Oc1ccccc1CC1CCN(Cc2cnc(-c3ccccc3)[nH]2)C1. The smallest absolute Gasteiger partial charge is 0.137 e. The van der Waals surface area contributed by atoms with E-state index in [4.69, 9.17) is 0 Å². The van der Waals surface area contributed by atoms with E-state index in [9.17, 15) is 5.11 Å². The maximum Gasteiger partial charge on any atom is 0.137 e. The summed E-state index contributed by atoms with van der Waals surface area (Å²) in [6.07, 6.45) is 4.06. The topological polar surface area (TPSA) is 52.1 Å². The van der Waals surface area contributed by atoms with Crippen LogP contribution in [0, 0.1) is 5.92 Å². The van der Waals surface area contributed by atoms with Crippen molar-refractivity contribution in [3.05, 3.63) is 72.1 Å². The van der Waals surface area contributed by atoms with Crippen LogP contribution in [0.3, 0.4) is 0 Å². The second-order valence-electron chi connectivity index (χ2n) is 6.85. The summed E-state index contributed by atoms with van der Waals surface area (Å²) in [7, 11) is 0. The Balaban J connectivity index is 1.35. The average Bonchev–Trinajstić information content (AvgIpc) is 3.28. The van der Waals surface area contributed by atoms with E-state index in [1.807, 2.05) is 42.6 Å². The fourth-order valence-corrected chi connectivity index (χ4v) is 3.64. The molecule has 2 N–H and O–H groups in total. The minimum absolute atomic E-state index is 0.419. The van der Waals surface area contributed by atoms with Gasteiger partial charge in [-0.3, -0.25) is 4.90 Å². The van der Waals surface area contributed by atoms with Gasteiger partial charge in [0.25, 0.3) is 0 Å². The number of rotatable bonds is 5. The van der Waals surface area contributed by atoms with Crippen LogP contribution in [0.25, 0.3) is 11.4 Å². The molecule has 4 nitrogen and oxygen atoms in total. The van der Waals surface area contributed by atoms with E-state index >= 15 is 0 Å². The van der Waals surface area contributed by atoms with Crippen LogP contribution in [-0.2, 0) is 13.0 Å². The summed E-state index contributed by atoms with van der Waals surface area (Å²) < 4.78 is 0. The van der Waals surface area contributed by atoms with Crippen molar-refractivity contribution in [1.82, 2.24) is 14.9 Å². The second-order valence-corrected chi connectivity index (χ2v) is 6.85. The van der Waals surface area contributed by atoms with Crippen molar-refractivity contribution >= 4 is 0 Å². The number of aromatic hydroxyl groups is 1. The van der Waals surface area contributed by atoms with Crippen LogP contribution in [0.1, 0.15) is 17.7 Å². The third-order valence-corrected chi connectivity index (χ3v) is 4.94. The molecular formula is C21H23N3O. The number of para-hydroxylation sites is 1. The van der Waals surface area contributed by atoms with E-state index in [1.54, 1.807) is 6.07 Å². The number of imidazole rings is 1. The Bertz CT molecular complexity index is 828. The second kappa shape index (κ2) is 7.11. The highest BCUT2D eigenvalue weighted by molar-refractivity contribution is 5.54. The van der Waals surface area contributed by atoms with Crippen LogP contribution < -0.4 is 0 Å². The first-order valence-electron chi connectivity index (χ1n) is 8.86. The standard InChI is InChI=1S/C21H23N3O/c25-20-9-5-4-8-18(20)12-16-10-11-24(14-16)15-19-13-22-21(23-19)17-6-2-1-3-7-17/h1-9,13,16,25H,10-12,14-15H2,(H,22,23). The zero-order chi connectivity index (χ0) is 17.1. The fourth-order valence-electron chi connectivity index (χ4n) is 3.64. The third-order valence-electron chi connectivity index (χ3n) is 4.94. The van der Waals surface area contributed by atoms with Gasteiger partial charge in [0.1, 0.15) is 11.6 Å². The molecule has 1 fully saturated rings. The van der Waals surface area contributed by atoms with Crippen LogP contribution in [0.2, 0.25) is 0 Å². The normalized spacial score (nSPS) is 17.8. The Labute approximate surface area is 148 Å². The van der Waals surface area contributed by atoms with Crippen molar-refractivity contribution in [1.29, 1.82) is 0 Å². The van der Waals surface area contributed by atoms with Crippen LogP contribution in [0.4, 0.5) is 0 Å². The van der Waals surface area contributed by atoms with E-state index < -0.39 is 0 Å². The van der Waals surface area contributed by atoms with E-state index in [2.05, 4.69) is 27.0 Å². The van der Waals surface area contributed by atoms with Gasteiger partial charge in [0.05, 0.1) is 0 Å². The van der Waals surface area contributed by atoms with Gasteiger partial charge in [0.2, 0.25) is 0 Å². The molecule has 3 aromatic rings. The summed E-state index contributed by atoms with van der Waals surface area (Å²) in [5, 5.41) is 9.96. The number of hydrogen-bond donors (Lipinski definition) is 2. The highest BCUT2D eigenvalue weighted by Crippen LogP contribution is 2.26. The van der Waals surface area contributed by atoms with Crippen LogP contribution >= 0.6 is 0 Å². The predicted molar refractivity (Wildman–Crippen MR) is 99.2 cm³/mol. The molecule has 25 heavy (non-hydrogen) atoms. The molecule has 1 aliphatic rings. The van der Waals surface area contributed by atoms with E-state index in [0.29, 0.717) is 11.7 Å². The lowest BCUT2D eigenvalue weighted by Crippen LogP contribution is -2.20. The molecule has 0 saturated carbocycles. The molecule has 4 rings (SSSR count). The maximum atomic E-state index is 9.96. The van der Waals surface area contributed by atoms with E-state index in [1.165, 1.54) is 6.42 Å². The van der Waals surface area contributed by atoms with Gasteiger partial charge in [-0.05, 0) is 36.9 Å². The summed E-state index contributed by atoms with van der Waals surface area (Å²) in [5.41, 5.74) is 3.33. The number of phenolic OH excluding ortho intramolecular Hbond substituents is 1. The number of nitrogens with zero attached hydrogens (tertiary/aromatic N) is 2. The monoisotopic (exact) mass is 333 g/mol. The number of nitrogens with one attached hydrogen (secondary N) is 1. The van der Waals surface area contributed by atoms with Crippen molar-refractivity contribution in [2.75, 3.05) is 13.1 Å². The number of likely N-dealkylation sites (tertiary alicyclic amines) is 1. The number of H-pyrrole nitrogens is 1. The predicted octanol–water partition coefficient (Wildman–Crippen LogP) is 3.85. The molecule has 128 valence electrons. The van der Waals surface area contributed by atoms with Gasteiger partial charge in [0, 0.05) is 30.5 Å². The van der Waals surface area contributed by atoms with Crippen LogP contribution in [0.15, 0.2) is 60.8 Å². The largest absolute Gasteiger partial charge is 0.508 e. The summed E-state index contributed by atoms with van der Waals surface area (Å²) in [6, 6.07) is 17.9. The Hall–Kier alpha value is -2.59. The molecule has 1 unspecified atom stereocenters. The molecule has 1 aliphatic heterocycles. The fraction of sp³-hybridized carbons (Fsp3) is 0.286. The average molecular weight is 333 g/mol. The van der Waals surface area contributed by atoms with Crippen LogP contribution in [0.5, 0.6) is 5.75 Å². The van der Waals surface area contributed by atoms with E-state index in [-0.39, 0.29) is 0 Å². The number of phenols is 1. The highest BCUT2D eigenvalue weighted by atomic mass is 16.3. The Morgan fingerprint density at radius 3 is 2.72 bits per heavy atom. The van der Waals surface area contributed by atoms with Crippen LogP contribution in [-0.4, -0.2) is 33.1 Å². The molecule has 2 aromatic carbocycles. The molecule has 1 atom stereocenters. The lowest BCUT2D eigenvalue weighted by molar-refractivity contribution is 0.312. The molecule has 0 aliphatic carbocycles. The molecular weight excluding hydrogens is 310 g/mol.